The van der Waals surface area contributed by atoms with Gasteiger partial charge in [-0.15, -0.1) is 0 Å². The van der Waals surface area contributed by atoms with Crippen LogP contribution in [0.15, 0.2) is 0 Å². The van der Waals surface area contributed by atoms with E-state index < -0.39 is 10.4 Å². The van der Waals surface area contributed by atoms with Crippen LogP contribution in [0.3, 0.4) is 0 Å². The molecular weight excluding hydrogens is 223 g/mol. The van der Waals surface area contributed by atoms with Crippen LogP contribution in [0.5, 0.6) is 0 Å². The number of rotatable bonds is 10. The van der Waals surface area contributed by atoms with Gasteiger partial charge >= 0.3 is 29.3 Å². The summed E-state index contributed by atoms with van der Waals surface area (Å²) in [6.45, 7) is 2.28. The fourth-order valence-corrected chi connectivity index (χ4v) is 1.73. The third kappa shape index (κ3) is 16.9. The Labute approximate surface area is 111 Å². The average molecular weight is 246 g/mol. The zero-order valence-electron chi connectivity index (χ0n) is 9.44. The van der Waals surface area contributed by atoms with Crippen LogP contribution in [0, 0.1) is 0 Å². The molecular formula is C10H23LiO4S. The van der Waals surface area contributed by atoms with Crippen molar-refractivity contribution in [2.24, 2.45) is 0 Å². The molecule has 0 aliphatic carbocycles. The molecule has 4 nitrogen and oxygen atoms in total. The van der Waals surface area contributed by atoms with Crippen molar-refractivity contribution in [1.82, 2.24) is 0 Å². The van der Waals surface area contributed by atoms with Crippen molar-refractivity contribution in [3.8, 4) is 0 Å². The van der Waals surface area contributed by atoms with Crippen LogP contribution in [0.25, 0.3) is 0 Å². The molecule has 0 spiro atoms. The number of hydrogen-bond donors (Lipinski definition) is 1. The van der Waals surface area contributed by atoms with E-state index in [-0.39, 0.29) is 25.5 Å². The van der Waals surface area contributed by atoms with E-state index in [1.165, 1.54) is 32.1 Å². The second kappa shape index (κ2) is 11.9. The molecule has 0 amide bonds. The summed E-state index contributed by atoms with van der Waals surface area (Å²) in [6, 6.07) is 0. The van der Waals surface area contributed by atoms with Crippen LogP contribution in [0.1, 0.15) is 58.3 Å². The number of unbranched alkanes of at least 4 members (excludes halogenated alkanes) is 7. The van der Waals surface area contributed by atoms with Crippen LogP contribution in [0.4, 0.5) is 0 Å². The standard InChI is InChI=1S/C10H22O4S.Li.H/c1-2-3-4-5-6-7-8-9-10-14-15(11,12)13;;/h2-10H2,1H3,(H,11,12,13);;. The summed E-state index contributed by atoms with van der Waals surface area (Å²) in [6.07, 6.45) is 9.05. The van der Waals surface area contributed by atoms with Gasteiger partial charge in [0.05, 0.1) is 6.61 Å². The molecule has 0 radical (unpaired) electrons. The molecule has 94 valence electrons. The third-order valence-corrected chi connectivity index (χ3v) is 2.69. The molecule has 0 unspecified atom stereocenters. The molecule has 0 aliphatic heterocycles. The SMILES string of the molecule is CCCCCCCCCCOS(=O)(=O)O.[LiH]. The van der Waals surface area contributed by atoms with Gasteiger partial charge < -0.3 is 0 Å². The Bertz CT molecular complexity index is 229. The van der Waals surface area contributed by atoms with Gasteiger partial charge in [0.2, 0.25) is 0 Å². The molecule has 16 heavy (non-hydrogen) atoms. The minimum atomic E-state index is -4.23. The molecule has 0 saturated carbocycles. The second-order valence-corrected chi connectivity index (χ2v) is 4.82. The predicted octanol–water partition coefficient (Wildman–Crippen LogP) is 2.30. The first-order chi connectivity index (χ1) is 7.06. The predicted molar refractivity (Wildman–Crippen MR) is 67.3 cm³/mol. The Morgan fingerprint density at radius 3 is 1.81 bits per heavy atom. The Morgan fingerprint density at radius 2 is 1.38 bits per heavy atom. The van der Waals surface area contributed by atoms with Crippen molar-refractivity contribution in [3.63, 3.8) is 0 Å². The van der Waals surface area contributed by atoms with Crippen molar-refractivity contribution in [3.05, 3.63) is 0 Å². The molecule has 0 rings (SSSR count). The van der Waals surface area contributed by atoms with Crippen LogP contribution in [-0.2, 0) is 14.6 Å². The van der Waals surface area contributed by atoms with E-state index in [2.05, 4.69) is 11.1 Å². The van der Waals surface area contributed by atoms with E-state index >= 15 is 0 Å². The van der Waals surface area contributed by atoms with Crippen molar-refractivity contribution < 1.29 is 17.2 Å². The second-order valence-electron chi connectivity index (χ2n) is 3.72. The molecule has 0 aliphatic rings. The van der Waals surface area contributed by atoms with Gasteiger partial charge in [0.25, 0.3) is 0 Å². The van der Waals surface area contributed by atoms with Crippen molar-refractivity contribution >= 4 is 29.3 Å². The number of hydrogen-bond acceptors (Lipinski definition) is 3. The monoisotopic (exact) mass is 246 g/mol. The summed E-state index contributed by atoms with van der Waals surface area (Å²) in [5.74, 6) is 0. The fourth-order valence-electron chi connectivity index (χ4n) is 1.40. The Morgan fingerprint density at radius 1 is 0.938 bits per heavy atom. The first kappa shape index (κ1) is 18.8. The van der Waals surface area contributed by atoms with Crippen molar-refractivity contribution in [2.75, 3.05) is 6.61 Å². The Kier molecular flexibility index (Phi) is 14.0. The van der Waals surface area contributed by atoms with Gasteiger partial charge in [-0.25, -0.2) is 4.18 Å². The molecule has 0 saturated heterocycles. The van der Waals surface area contributed by atoms with E-state index in [9.17, 15) is 8.42 Å². The van der Waals surface area contributed by atoms with Crippen molar-refractivity contribution in [2.45, 2.75) is 58.3 Å². The molecule has 1 N–H and O–H groups in total. The van der Waals surface area contributed by atoms with Crippen molar-refractivity contribution in [1.29, 1.82) is 0 Å². The fraction of sp³-hybridized carbons (Fsp3) is 1.00. The van der Waals surface area contributed by atoms with E-state index in [0.717, 1.165) is 12.8 Å². The van der Waals surface area contributed by atoms with Gasteiger partial charge in [-0.1, -0.05) is 51.9 Å². The van der Waals surface area contributed by atoms with Gasteiger partial charge in [0.1, 0.15) is 0 Å². The summed E-state index contributed by atoms with van der Waals surface area (Å²) >= 11 is 0. The van der Waals surface area contributed by atoms with Crippen LogP contribution in [-0.4, -0.2) is 38.4 Å². The summed E-state index contributed by atoms with van der Waals surface area (Å²) in [5.41, 5.74) is 0. The zero-order chi connectivity index (χ0) is 11.6. The topological polar surface area (TPSA) is 63.6 Å². The first-order valence-electron chi connectivity index (χ1n) is 5.68. The van der Waals surface area contributed by atoms with Gasteiger partial charge in [0.15, 0.2) is 0 Å². The molecule has 0 aromatic carbocycles. The van der Waals surface area contributed by atoms with E-state index in [1.54, 1.807) is 0 Å². The third-order valence-electron chi connectivity index (χ3n) is 2.23. The maximum atomic E-state index is 10.2. The summed E-state index contributed by atoms with van der Waals surface area (Å²) < 4.78 is 32.8. The minimum absolute atomic E-state index is 0. The van der Waals surface area contributed by atoms with Crippen LogP contribution < -0.4 is 0 Å². The summed E-state index contributed by atoms with van der Waals surface area (Å²) in [7, 11) is -4.23. The molecule has 6 heteroatoms. The molecule has 0 fully saturated rings. The summed E-state index contributed by atoms with van der Waals surface area (Å²) in [5, 5.41) is 0. The van der Waals surface area contributed by atoms with E-state index in [4.69, 9.17) is 4.55 Å². The summed E-state index contributed by atoms with van der Waals surface area (Å²) in [4.78, 5) is 0. The van der Waals surface area contributed by atoms with Crippen LogP contribution >= 0.6 is 0 Å². The molecule has 0 aromatic heterocycles. The molecule has 0 heterocycles. The normalized spacial score (nSPS) is 11.1. The van der Waals surface area contributed by atoms with Crippen LogP contribution in [0.2, 0.25) is 0 Å². The maximum absolute atomic E-state index is 10.2. The van der Waals surface area contributed by atoms with E-state index in [0.29, 0.717) is 6.42 Å². The molecule has 0 atom stereocenters. The average Bonchev–Trinajstić information content (AvgIpc) is 2.14. The zero-order valence-corrected chi connectivity index (χ0v) is 10.3. The van der Waals surface area contributed by atoms with Gasteiger partial charge in [0, 0.05) is 0 Å². The Balaban J connectivity index is 0. The molecule has 0 aromatic rings. The first-order valence-corrected chi connectivity index (χ1v) is 7.04. The van der Waals surface area contributed by atoms with Gasteiger partial charge in [-0.05, 0) is 6.42 Å². The van der Waals surface area contributed by atoms with Gasteiger partial charge in [-0.2, -0.15) is 8.42 Å². The quantitative estimate of drug-likeness (QED) is 0.365. The van der Waals surface area contributed by atoms with Gasteiger partial charge in [-0.3, -0.25) is 4.55 Å². The Hall–Kier alpha value is 0.467. The van der Waals surface area contributed by atoms with E-state index in [1.807, 2.05) is 0 Å². The molecule has 0 bridgehead atoms.